The second-order valence-corrected chi connectivity index (χ2v) is 9.46. The molecule has 4 rings (SSSR count). The van der Waals surface area contributed by atoms with Crippen molar-refractivity contribution in [2.24, 2.45) is 22.7 Å². The van der Waals surface area contributed by atoms with Crippen molar-refractivity contribution in [3.05, 3.63) is 36.0 Å². The van der Waals surface area contributed by atoms with Crippen LogP contribution in [0, 0.1) is 22.7 Å². The van der Waals surface area contributed by atoms with Crippen molar-refractivity contribution < 1.29 is 4.79 Å². The van der Waals surface area contributed by atoms with E-state index in [0.717, 1.165) is 23.4 Å². The molecule has 1 aromatic heterocycles. The fraction of sp³-hybridized carbons (Fsp3) is 0.609. The maximum absolute atomic E-state index is 13.3. The SMILES string of the molecule is CC1(C)C(C(=O)c2cn(CC3CCCCC3)c3ccccc23)C1(C)C. The molecule has 134 valence electrons. The Labute approximate surface area is 151 Å². The highest BCUT2D eigenvalue weighted by Crippen LogP contribution is 2.69. The monoisotopic (exact) mass is 337 g/mol. The lowest BCUT2D eigenvalue weighted by molar-refractivity contribution is 0.0946. The highest BCUT2D eigenvalue weighted by molar-refractivity contribution is 6.11. The van der Waals surface area contributed by atoms with Gasteiger partial charge in [0.25, 0.3) is 0 Å². The first-order chi connectivity index (χ1) is 11.8. The van der Waals surface area contributed by atoms with Crippen LogP contribution in [0.5, 0.6) is 0 Å². The number of aromatic nitrogens is 1. The van der Waals surface area contributed by atoms with Crippen molar-refractivity contribution in [1.82, 2.24) is 4.57 Å². The van der Waals surface area contributed by atoms with Gasteiger partial charge in [0, 0.05) is 35.1 Å². The molecule has 2 saturated carbocycles. The standard InChI is InChI=1S/C23H31NO/c1-22(2)21(23(22,3)4)20(25)18-15-24(14-16-10-6-5-7-11-16)19-13-9-8-12-17(18)19/h8-9,12-13,15-16,21H,5-7,10-11,14H2,1-4H3. The van der Waals surface area contributed by atoms with Crippen molar-refractivity contribution in [2.75, 3.05) is 0 Å². The molecule has 0 atom stereocenters. The van der Waals surface area contributed by atoms with Crippen LogP contribution in [0.4, 0.5) is 0 Å². The fourth-order valence-corrected chi connectivity index (χ4v) is 5.25. The molecular weight excluding hydrogens is 306 g/mol. The minimum absolute atomic E-state index is 0.0939. The molecule has 0 bridgehead atoms. The van der Waals surface area contributed by atoms with Crippen LogP contribution in [-0.2, 0) is 6.54 Å². The third kappa shape index (κ3) is 2.56. The minimum Gasteiger partial charge on any atom is -0.346 e. The van der Waals surface area contributed by atoms with Gasteiger partial charge in [-0.25, -0.2) is 0 Å². The van der Waals surface area contributed by atoms with E-state index >= 15 is 0 Å². The van der Waals surface area contributed by atoms with Crippen LogP contribution < -0.4 is 0 Å². The summed E-state index contributed by atoms with van der Waals surface area (Å²) in [4.78, 5) is 13.3. The van der Waals surface area contributed by atoms with Gasteiger partial charge in [0.15, 0.2) is 5.78 Å². The molecule has 0 unspecified atom stereocenters. The van der Waals surface area contributed by atoms with Gasteiger partial charge in [-0.1, -0.05) is 65.2 Å². The van der Waals surface area contributed by atoms with E-state index in [1.165, 1.54) is 37.6 Å². The Balaban J connectivity index is 1.69. The first-order valence-electron chi connectivity index (χ1n) is 9.96. The van der Waals surface area contributed by atoms with Gasteiger partial charge in [-0.05, 0) is 35.7 Å². The van der Waals surface area contributed by atoms with Crippen LogP contribution in [0.2, 0.25) is 0 Å². The van der Waals surface area contributed by atoms with Crippen molar-refractivity contribution in [1.29, 1.82) is 0 Å². The molecule has 2 fully saturated rings. The molecular formula is C23H31NO. The molecule has 0 N–H and O–H groups in total. The summed E-state index contributed by atoms with van der Waals surface area (Å²) in [5, 5.41) is 1.14. The van der Waals surface area contributed by atoms with Gasteiger partial charge in [0.1, 0.15) is 0 Å². The molecule has 0 aliphatic heterocycles. The number of carbonyl (C=O) groups is 1. The molecule has 2 aliphatic rings. The van der Waals surface area contributed by atoms with E-state index < -0.39 is 0 Å². The summed E-state index contributed by atoms with van der Waals surface area (Å²) >= 11 is 0. The maximum atomic E-state index is 13.3. The van der Waals surface area contributed by atoms with E-state index in [1.54, 1.807) is 0 Å². The fourth-order valence-electron chi connectivity index (χ4n) is 5.25. The zero-order chi connectivity index (χ0) is 17.8. The van der Waals surface area contributed by atoms with E-state index in [9.17, 15) is 4.79 Å². The lowest BCUT2D eigenvalue weighted by atomic mass is 9.89. The van der Waals surface area contributed by atoms with Gasteiger partial charge < -0.3 is 4.57 Å². The number of fused-ring (bicyclic) bond motifs is 1. The lowest BCUT2D eigenvalue weighted by Crippen LogP contribution is -2.13. The average Bonchev–Trinajstić information content (AvgIpc) is 2.86. The molecule has 2 aliphatic carbocycles. The Morgan fingerprint density at radius 2 is 1.68 bits per heavy atom. The normalized spacial score (nSPS) is 23.0. The Morgan fingerprint density at radius 3 is 2.32 bits per heavy atom. The smallest absolute Gasteiger partial charge is 0.169 e. The molecule has 0 spiro atoms. The Morgan fingerprint density at radius 1 is 1.04 bits per heavy atom. The predicted octanol–water partition coefficient (Wildman–Crippen LogP) is 6.09. The number of hydrogen-bond donors (Lipinski definition) is 0. The summed E-state index contributed by atoms with van der Waals surface area (Å²) in [6.45, 7) is 9.99. The van der Waals surface area contributed by atoms with Crippen LogP contribution in [0.25, 0.3) is 10.9 Å². The molecule has 0 amide bonds. The van der Waals surface area contributed by atoms with Crippen LogP contribution >= 0.6 is 0 Å². The van der Waals surface area contributed by atoms with Crippen molar-refractivity contribution in [3.63, 3.8) is 0 Å². The highest BCUT2D eigenvalue weighted by atomic mass is 16.1. The van der Waals surface area contributed by atoms with Gasteiger partial charge in [0.05, 0.1) is 0 Å². The van der Waals surface area contributed by atoms with Crippen LogP contribution in [0.15, 0.2) is 30.5 Å². The van der Waals surface area contributed by atoms with E-state index in [0.29, 0.717) is 5.78 Å². The summed E-state index contributed by atoms with van der Waals surface area (Å²) in [6.07, 6.45) is 8.93. The molecule has 0 radical (unpaired) electrons. The summed E-state index contributed by atoms with van der Waals surface area (Å²) in [7, 11) is 0. The van der Waals surface area contributed by atoms with Crippen molar-refractivity contribution in [3.8, 4) is 0 Å². The summed E-state index contributed by atoms with van der Waals surface area (Å²) in [6, 6.07) is 8.46. The van der Waals surface area contributed by atoms with Crippen LogP contribution in [0.1, 0.15) is 70.2 Å². The highest BCUT2D eigenvalue weighted by Gasteiger charge is 2.68. The Bertz CT molecular complexity index is 791. The topological polar surface area (TPSA) is 22.0 Å². The van der Waals surface area contributed by atoms with E-state index in [1.807, 2.05) is 0 Å². The zero-order valence-corrected chi connectivity index (χ0v) is 16.1. The third-order valence-corrected chi connectivity index (χ3v) is 7.52. The minimum atomic E-state index is 0.0939. The number of para-hydroxylation sites is 1. The average molecular weight is 338 g/mol. The first kappa shape index (κ1) is 16.9. The second kappa shape index (κ2) is 5.72. The summed E-state index contributed by atoms with van der Waals surface area (Å²) in [5.74, 6) is 1.24. The van der Waals surface area contributed by atoms with Gasteiger partial charge in [0.2, 0.25) is 0 Å². The largest absolute Gasteiger partial charge is 0.346 e. The predicted molar refractivity (Wildman–Crippen MR) is 104 cm³/mol. The number of ketones is 1. The number of nitrogens with zero attached hydrogens (tertiary/aromatic N) is 1. The number of benzene rings is 1. The van der Waals surface area contributed by atoms with Gasteiger partial charge in [-0.15, -0.1) is 0 Å². The molecule has 1 aromatic carbocycles. The van der Waals surface area contributed by atoms with Crippen molar-refractivity contribution in [2.45, 2.75) is 66.3 Å². The van der Waals surface area contributed by atoms with E-state index in [-0.39, 0.29) is 16.7 Å². The lowest BCUT2D eigenvalue weighted by Gasteiger charge is -2.22. The second-order valence-electron chi connectivity index (χ2n) is 9.46. The summed E-state index contributed by atoms with van der Waals surface area (Å²) < 4.78 is 2.36. The third-order valence-electron chi connectivity index (χ3n) is 7.52. The molecule has 2 heteroatoms. The zero-order valence-electron chi connectivity index (χ0n) is 16.1. The summed E-state index contributed by atoms with van der Waals surface area (Å²) in [5.41, 5.74) is 2.36. The molecule has 2 aromatic rings. The first-order valence-corrected chi connectivity index (χ1v) is 9.96. The van der Waals surface area contributed by atoms with Crippen LogP contribution in [0.3, 0.4) is 0 Å². The number of Topliss-reactive ketones (excluding diaryl/α,β-unsaturated/α-hetero) is 1. The quantitative estimate of drug-likeness (QED) is 0.619. The molecule has 0 saturated heterocycles. The number of rotatable bonds is 4. The van der Waals surface area contributed by atoms with Gasteiger partial charge in [-0.3, -0.25) is 4.79 Å². The maximum Gasteiger partial charge on any atom is 0.169 e. The van der Waals surface area contributed by atoms with E-state index in [4.69, 9.17) is 0 Å². The molecule has 25 heavy (non-hydrogen) atoms. The van der Waals surface area contributed by atoms with Gasteiger partial charge in [-0.2, -0.15) is 0 Å². The molecule has 1 heterocycles. The van der Waals surface area contributed by atoms with E-state index in [2.05, 4.69) is 62.7 Å². The van der Waals surface area contributed by atoms with Crippen molar-refractivity contribution >= 4 is 16.7 Å². The Kier molecular flexibility index (Phi) is 3.86. The number of carbonyl (C=O) groups excluding carboxylic acids is 1. The number of hydrogen-bond acceptors (Lipinski definition) is 1. The van der Waals surface area contributed by atoms with Crippen LogP contribution in [-0.4, -0.2) is 10.4 Å². The molecule has 2 nitrogen and oxygen atoms in total. The van der Waals surface area contributed by atoms with Gasteiger partial charge >= 0.3 is 0 Å². The Hall–Kier alpha value is -1.57.